The first-order chi connectivity index (χ1) is 20.4. The van der Waals surface area contributed by atoms with Gasteiger partial charge in [0.25, 0.3) is 5.91 Å². The van der Waals surface area contributed by atoms with Crippen LogP contribution in [0.15, 0.2) is 36.0 Å². The Labute approximate surface area is 251 Å². The smallest absolute Gasteiger partial charge is 0.422 e. The van der Waals surface area contributed by atoms with Crippen LogP contribution in [0, 0.1) is 5.92 Å². The molecule has 1 saturated heterocycles. The van der Waals surface area contributed by atoms with Crippen molar-refractivity contribution >= 4 is 34.7 Å². The Morgan fingerprint density at radius 3 is 2.58 bits per heavy atom. The lowest BCUT2D eigenvalue weighted by atomic mass is 9.96. The molecule has 3 heterocycles. The second-order valence-electron chi connectivity index (χ2n) is 11.6. The summed E-state index contributed by atoms with van der Waals surface area (Å²) in [5.41, 5.74) is -1.03. The fourth-order valence-corrected chi connectivity index (χ4v) is 5.62. The van der Waals surface area contributed by atoms with Gasteiger partial charge in [0.05, 0.1) is 29.9 Å². The van der Waals surface area contributed by atoms with E-state index in [0.717, 1.165) is 0 Å². The predicted molar refractivity (Wildman–Crippen MR) is 155 cm³/mol. The number of anilines is 2. The minimum atomic E-state index is -4.76. The molecule has 14 heteroatoms. The molecule has 2 aromatic heterocycles. The van der Waals surface area contributed by atoms with Crippen molar-refractivity contribution in [1.29, 1.82) is 0 Å². The highest BCUT2D eigenvalue weighted by molar-refractivity contribution is 7.13. The van der Waals surface area contributed by atoms with Gasteiger partial charge in [-0.1, -0.05) is 0 Å². The zero-order chi connectivity index (χ0) is 30.8. The number of carbonyl (C=O) groups is 2. The Bertz CT molecular complexity index is 1460. The van der Waals surface area contributed by atoms with Crippen LogP contribution in [0.5, 0.6) is 5.75 Å². The number of ether oxygens (including phenoxy) is 2. The maximum atomic E-state index is 14.8. The van der Waals surface area contributed by atoms with Gasteiger partial charge in [-0.3, -0.25) is 4.79 Å². The number of nitrogens with one attached hydrogen (secondary N) is 2. The number of aromatic nitrogens is 3. The molecule has 1 atom stereocenters. The Morgan fingerprint density at radius 2 is 1.91 bits per heavy atom. The highest BCUT2D eigenvalue weighted by atomic mass is 32.1. The third kappa shape index (κ3) is 7.92. The quantitative estimate of drug-likeness (QED) is 0.309. The van der Waals surface area contributed by atoms with Crippen molar-refractivity contribution in [2.24, 2.45) is 5.92 Å². The van der Waals surface area contributed by atoms with E-state index in [4.69, 9.17) is 9.47 Å². The molecule has 1 saturated carbocycles. The number of benzene rings is 1. The second kappa shape index (κ2) is 12.3. The first-order valence-corrected chi connectivity index (χ1v) is 14.9. The van der Waals surface area contributed by atoms with E-state index in [0.29, 0.717) is 42.8 Å². The summed E-state index contributed by atoms with van der Waals surface area (Å²) in [6.07, 6.45) is 0.0752. The molecule has 1 aliphatic carbocycles. The third-order valence-corrected chi connectivity index (χ3v) is 7.72. The van der Waals surface area contributed by atoms with Crippen molar-refractivity contribution in [3.8, 4) is 16.3 Å². The Balaban J connectivity index is 1.43. The molecule has 1 aliphatic heterocycles. The summed E-state index contributed by atoms with van der Waals surface area (Å²) in [5, 5.41) is 15.0. The number of nitrogens with zero attached hydrogens (tertiary/aromatic N) is 4. The molecule has 10 nitrogen and oxygen atoms in total. The fourth-order valence-electron chi connectivity index (χ4n) is 4.83. The van der Waals surface area contributed by atoms with Crippen LogP contribution < -0.4 is 20.3 Å². The second-order valence-corrected chi connectivity index (χ2v) is 12.5. The lowest BCUT2D eigenvalue weighted by Crippen LogP contribution is -2.43. The number of carbonyl (C=O) groups excluding carboxylic acids is 2. The van der Waals surface area contributed by atoms with Crippen LogP contribution in [-0.2, 0) is 10.9 Å². The van der Waals surface area contributed by atoms with Gasteiger partial charge in [0.2, 0.25) is 0 Å². The van der Waals surface area contributed by atoms with Gasteiger partial charge in [0.1, 0.15) is 27.6 Å². The van der Waals surface area contributed by atoms with Crippen LogP contribution in [0.3, 0.4) is 0 Å². The van der Waals surface area contributed by atoms with Gasteiger partial charge in [0, 0.05) is 30.6 Å². The maximum absolute atomic E-state index is 14.8. The predicted octanol–water partition coefficient (Wildman–Crippen LogP) is 6.15. The van der Waals surface area contributed by atoms with Crippen LogP contribution in [0.4, 0.5) is 29.3 Å². The summed E-state index contributed by atoms with van der Waals surface area (Å²) in [5.74, 6) is -1.05. The molecular formula is C29H33F3N6O4S. The zero-order valence-electron chi connectivity index (χ0n) is 24.0. The number of halogens is 3. The van der Waals surface area contributed by atoms with E-state index in [9.17, 15) is 22.8 Å². The van der Waals surface area contributed by atoms with E-state index in [1.54, 1.807) is 37.1 Å². The number of thiazole rings is 1. The van der Waals surface area contributed by atoms with Crippen molar-refractivity contribution < 1.29 is 32.2 Å². The Hall–Kier alpha value is -3.94. The Morgan fingerprint density at radius 1 is 1.12 bits per heavy atom. The van der Waals surface area contributed by atoms with Gasteiger partial charge in [-0.05, 0) is 70.6 Å². The van der Waals surface area contributed by atoms with Crippen molar-refractivity contribution in [2.75, 3.05) is 29.9 Å². The topological polar surface area (TPSA) is 119 Å². The van der Waals surface area contributed by atoms with Gasteiger partial charge in [0.15, 0.2) is 0 Å². The van der Waals surface area contributed by atoms with Crippen LogP contribution in [0.1, 0.15) is 62.5 Å². The number of hydrogen-bond acceptors (Lipinski definition) is 9. The number of alkyl halides is 3. The number of hydrogen-bond donors (Lipinski definition) is 2. The number of alkyl carbamates (subject to hydrolysis) is 1. The lowest BCUT2D eigenvalue weighted by molar-refractivity contribution is -0.138. The van der Waals surface area contributed by atoms with Crippen LogP contribution in [0.25, 0.3) is 10.6 Å². The van der Waals surface area contributed by atoms with Gasteiger partial charge < -0.3 is 25.0 Å². The van der Waals surface area contributed by atoms with Gasteiger partial charge >= 0.3 is 12.3 Å². The standard InChI is InChI=1S/C29H33F3N6O4S/c1-28(2,3)42-27(40)33-13-17-5-4-12-38(15-17)24-20(8-9-22(41-19-6-7-19)23(24)29(30,31)32)36-25(39)21-16-43-26(37-21)18-10-11-34-35-14-18/h8-11,14,16-17,19H,4-7,12-13,15H2,1-3H3,(H,33,40)(H,36,39)/t17-/m0/s1. The monoisotopic (exact) mass is 618 g/mol. The molecule has 0 bridgehead atoms. The van der Waals surface area contributed by atoms with E-state index in [1.807, 2.05) is 0 Å². The number of amides is 2. The molecule has 2 fully saturated rings. The van der Waals surface area contributed by atoms with Gasteiger partial charge in [-0.2, -0.15) is 23.4 Å². The first kappa shape index (κ1) is 30.5. The SMILES string of the molecule is CC(C)(C)OC(=O)NC[C@@H]1CCCN(c2c(NC(=O)c3csc(-c4ccnnc4)n3)ccc(OC3CC3)c2C(F)(F)F)C1. The number of piperidine rings is 1. The molecule has 0 unspecified atom stereocenters. The van der Waals surface area contributed by atoms with E-state index in [2.05, 4.69) is 25.8 Å². The molecule has 1 aromatic carbocycles. The summed E-state index contributed by atoms with van der Waals surface area (Å²) < 4.78 is 55.3. The molecule has 5 rings (SSSR count). The van der Waals surface area contributed by atoms with Crippen molar-refractivity contribution in [3.05, 3.63) is 47.2 Å². The molecule has 2 amide bonds. The molecule has 43 heavy (non-hydrogen) atoms. The van der Waals surface area contributed by atoms with E-state index in [1.165, 1.54) is 35.9 Å². The molecule has 0 radical (unpaired) electrons. The van der Waals surface area contributed by atoms with E-state index < -0.39 is 29.3 Å². The molecular weight excluding hydrogens is 585 g/mol. The van der Waals surface area contributed by atoms with Crippen molar-refractivity contribution in [1.82, 2.24) is 20.5 Å². The average Bonchev–Trinajstić information content (AvgIpc) is 3.62. The van der Waals surface area contributed by atoms with Crippen LogP contribution in [0.2, 0.25) is 0 Å². The fraction of sp³-hybridized carbons (Fsp3) is 0.483. The highest BCUT2D eigenvalue weighted by Crippen LogP contribution is 2.48. The summed E-state index contributed by atoms with van der Waals surface area (Å²) in [7, 11) is 0. The molecule has 2 aliphatic rings. The summed E-state index contributed by atoms with van der Waals surface area (Å²) in [6, 6.07) is 4.41. The molecule has 3 aromatic rings. The average molecular weight is 619 g/mol. The number of rotatable bonds is 8. The third-order valence-electron chi connectivity index (χ3n) is 6.83. The van der Waals surface area contributed by atoms with Crippen LogP contribution in [-0.4, -0.2) is 58.5 Å². The summed E-state index contributed by atoms with van der Waals surface area (Å²) in [6.45, 7) is 6.05. The van der Waals surface area contributed by atoms with Crippen molar-refractivity contribution in [2.45, 2.75) is 64.3 Å². The minimum absolute atomic E-state index is 0.00125. The molecule has 0 spiro atoms. The summed E-state index contributed by atoms with van der Waals surface area (Å²) in [4.78, 5) is 31.5. The van der Waals surface area contributed by atoms with Gasteiger partial charge in [-0.25, -0.2) is 9.78 Å². The van der Waals surface area contributed by atoms with E-state index >= 15 is 0 Å². The van der Waals surface area contributed by atoms with Crippen LogP contribution >= 0.6 is 11.3 Å². The molecule has 230 valence electrons. The summed E-state index contributed by atoms with van der Waals surface area (Å²) >= 11 is 1.21. The largest absolute Gasteiger partial charge is 0.490 e. The zero-order valence-corrected chi connectivity index (χ0v) is 24.8. The minimum Gasteiger partial charge on any atom is -0.490 e. The maximum Gasteiger partial charge on any atom is 0.422 e. The van der Waals surface area contributed by atoms with E-state index in [-0.39, 0.29) is 47.9 Å². The first-order valence-electron chi connectivity index (χ1n) is 14.0. The lowest BCUT2D eigenvalue weighted by Gasteiger charge is -2.37. The normalized spacial score (nSPS) is 17.3. The Kier molecular flexibility index (Phi) is 8.76. The van der Waals surface area contributed by atoms with Gasteiger partial charge in [-0.15, -0.1) is 11.3 Å². The molecule has 2 N–H and O–H groups in total. The highest BCUT2D eigenvalue weighted by Gasteiger charge is 2.42. The van der Waals surface area contributed by atoms with Crippen molar-refractivity contribution in [3.63, 3.8) is 0 Å².